The van der Waals surface area contributed by atoms with Crippen LogP contribution in [0.15, 0.2) is 54.9 Å². The number of amides is 1. The topological polar surface area (TPSA) is 68.2 Å². The van der Waals surface area contributed by atoms with Gasteiger partial charge < -0.3 is 9.64 Å². The summed E-state index contributed by atoms with van der Waals surface area (Å²) >= 11 is 0. The number of nitrogens with zero attached hydrogens (tertiary/aromatic N) is 4. The van der Waals surface area contributed by atoms with E-state index in [1.54, 1.807) is 24.5 Å². The Hall–Kier alpha value is -3.02. The molecule has 1 unspecified atom stereocenters. The second kappa shape index (κ2) is 6.84. The van der Waals surface area contributed by atoms with Gasteiger partial charge in [-0.25, -0.2) is 0 Å². The fraction of sp³-hybridized carbons (Fsp3) is 0.263. The van der Waals surface area contributed by atoms with Crippen LogP contribution >= 0.6 is 0 Å². The summed E-state index contributed by atoms with van der Waals surface area (Å²) in [4.78, 5) is 19.1. The van der Waals surface area contributed by atoms with Gasteiger partial charge in [-0.2, -0.15) is 5.10 Å². The van der Waals surface area contributed by atoms with Crippen molar-refractivity contribution in [3.05, 3.63) is 60.6 Å². The number of fused-ring (bicyclic) bond motifs is 1. The fourth-order valence-electron chi connectivity index (χ4n) is 3.18. The molecule has 0 spiro atoms. The molecule has 4 rings (SSSR count). The van der Waals surface area contributed by atoms with Crippen LogP contribution in [0.5, 0.6) is 5.88 Å². The van der Waals surface area contributed by atoms with Crippen molar-refractivity contribution in [2.75, 3.05) is 13.1 Å². The highest BCUT2D eigenvalue weighted by Gasteiger charge is 2.27. The van der Waals surface area contributed by atoms with E-state index in [1.807, 2.05) is 35.2 Å². The van der Waals surface area contributed by atoms with Gasteiger partial charge in [0.05, 0.1) is 6.54 Å². The molecule has 2 aromatic heterocycles. The fourth-order valence-corrected chi connectivity index (χ4v) is 3.18. The van der Waals surface area contributed by atoms with Crippen molar-refractivity contribution in [3.63, 3.8) is 0 Å². The van der Waals surface area contributed by atoms with Crippen molar-refractivity contribution in [2.24, 2.45) is 0 Å². The Kier molecular flexibility index (Phi) is 4.24. The number of benzene rings is 1. The quantitative estimate of drug-likeness (QED) is 0.737. The van der Waals surface area contributed by atoms with E-state index in [0.717, 1.165) is 23.6 Å². The van der Waals surface area contributed by atoms with Crippen LogP contribution in [0.1, 0.15) is 23.3 Å². The first-order valence-corrected chi connectivity index (χ1v) is 8.38. The van der Waals surface area contributed by atoms with Crippen molar-refractivity contribution < 1.29 is 9.53 Å². The third-order valence-corrected chi connectivity index (χ3v) is 4.38. The highest BCUT2D eigenvalue weighted by molar-refractivity contribution is 6.05. The second-order valence-corrected chi connectivity index (χ2v) is 6.08. The normalized spacial score (nSPS) is 17.4. The van der Waals surface area contributed by atoms with Crippen molar-refractivity contribution in [1.82, 2.24) is 20.1 Å². The number of hydrogen-bond donors (Lipinski definition) is 0. The Labute approximate surface area is 145 Å². The number of carbonyl (C=O) groups excluding carboxylic acids is 1. The van der Waals surface area contributed by atoms with Gasteiger partial charge >= 0.3 is 0 Å². The van der Waals surface area contributed by atoms with E-state index in [1.165, 1.54) is 0 Å². The number of likely N-dealkylation sites (tertiary alicyclic amines) is 1. The molecule has 25 heavy (non-hydrogen) atoms. The van der Waals surface area contributed by atoms with Crippen LogP contribution in [0.3, 0.4) is 0 Å². The number of pyridine rings is 1. The van der Waals surface area contributed by atoms with Gasteiger partial charge in [0, 0.05) is 30.4 Å². The smallest absolute Gasteiger partial charge is 0.273 e. The Balaban J connectivity index is 1.53. The van der Waals surface area contributed by atoms with Gasteiger partial charge in [-0.15, -0.1) is 5.10 Å². The maximum Gasteiger partial charge on any atom is 0.273 e. The van der Waals surface area contributed by atoms with Gasteiger partial charge in [0.25, 0.3) is 5.91 Å². The monoisotopic (exact) mass is 334 g/mol. The predicted octanol–water partition coefficient (Wildman–Crippen LogP) is 2.71. The van der Waals surface area contributed by atoms with E-state index >= 15 is 0 Å². The summed E-state index contributed by atoms with van der Waals surface area (Å²) in [6.45, 7) is 1.24. The summed E-state index contributed by atoms with van der Waals surface area (Å²) in [5, 5.41) is 9.67. The van der Waals surface area contributed by atoms with Crippen LogP contribution in [0.25, 0.3) is 10.8 Å². The molecule has 0 N–H and O–H groups in total. The zero-order valence-corrected chi connectivity index (χ0v) is 13.7. The van der Waals surface area contributed by atoms with Crippen LogP contribution < -0.4 is 4.74 Å². The van der Waals surface area contributed by atoms with Crippen LogP contribution in [0.2, 0.25) is 0 Å². The molecule has 6 nitrogen and oxygen atoms in total. The molecular weight excluding hydrogens is 316 g/mol. The first-order valence-electron chi connectivity index (χ1n) is 8.38. The number of rotatable bonds is 3. The maximum absolute atomic E-state index is 13.0. The van der Waals surface area contributed by atoms with Crippen molar-refractivity contribution >= 4 is 16.7 Å². The van der Waals surface area contributed by atoms with E-state index in [2.05, 4.69) is 15.2 Å². The van der Waals surface area contributed by atoms with Gasteiger partial charge in [0.15, 0.2) is 0 Å². The Bertz CT molecular complexity index is 879. The summed E-state index contributed by atoms with van der Waals surface area (Å²) in [7, 11) is 0. The van der Waals surface area contributed by atoms with Gasteiger partial charge in [-0.05, 0) is 30.4 Å². The summed E-state index contributed by atoms with van der Waals surface area (Å²) < 4.78 is 5.87. The molecule has 1 saturated heterocycles. The first kappa shape index (κ1) is 15.5. The Morgan fingerprint density at radius 3 is 2.92 bits per heavy atom. The minimum absolute atomic E-state index is 0.0516. The molecule has 3 heterocycles. The molecule has 1 atom stereocenters. The van der Waals surface area contributed by atoms with Crippen LogP contribution in [0.4, 0.5) is 0 Å². The minimum Gasteiger partial charge on any atom is -0.471 e. The van der Waals surface area contributed by atoms with E-state index in [4.69, 9.17) is 4.74 Å². The molecule has 6 heteroatoms. The summed E-state index contributed by atoms with van der Waals surface area (Å²) in [5.74, 6) is 0.439. The van der Waals surface area contributed by atoms with Crippen LogP contribution in [-0.4, -0.2) is 45.2 Å². The average Bonchev–Trinajstić information content (AvgIpc) is 2.68. The highest BCUT2D eigenvalue weighted by Crippen LogP contribution is 2.21. The first-order chi connectivity index (χ1) is 12.3. The van der Waals surface area contributed by atoms with E-state index in [0.29, 0.717) is 24.7 Å². The molecule has 3 aromatic rings. The standard InChI is InChI=1S/C19H18N4O2/c24-19(18-16-7-2-1-5-14(16)9-11-20-18)23-12-4-6-15(13-23)25-17-8-3-10-21-22-17/h1-3,5,7-11,15H,4,6,12-13H2. The van der Waals surface area contributed by atoms with E-state index in [-0.39, 0.29) is 12.0 Å². The van der Waals surface area contributed by atoms with Gasteiger partial charge in [-0.1, -0.05) is 24.3 Å². The Morgan fingerprint density at radius 1 is 1.12 bits per heavy atom. The summed E-state index contributed by atoms with van der Waals surface area (Å²) in [5.41, 5.74) is 0.498. The highest BCUT2D eigenvalue weighted by atomic mass is 16.5. The zero-order valence-electron chi connectivity index (χ0n) is 13.7. The Morgan fingerprint density at radius 2 is 2.04 bits per heavy atom. The molecule has 1 aliphatic rings. The van der Waals surface area contributed by atoms with Gasteiger partial charge in [0.2, 0.25) is 5.88 Å². The number of aromatic nitrogens is 3. The zero-order chi connectivity index (χ0) is 17.1. The van der Waals surface area contributed by atoms with Crippen LogP contribution in [-0.2, 0) is 0 Å². The number of carbonyl (C=O) groups is 1. The lowest BCUT2D eigenvalue weighted by molar-refractivity contribution is 0.0522. The lowest BCUT2D eigenvalue weighted by Crippen LogP contribution is -2.44. The SMILES string of the molecule is O=C(c1nccc2ccccc12)N1CCCC(Oc2cccnn2)C1. The lowest BCUT2D eigenvalue weighted by atomic mass is 10.1. The third-order valence-electron chi connectivity index (χ3n) is 4.38. The second-order valence-electron chi connectivity index (χ2n) is 6.08. The summed E-state index contributed by atoms with van der Waals surface area (Å²) in [6, 6.07) is 13.3. The average molecular weight is 334 g/mol. The largest absolute Gasteiger partial charge is 0.471 e. The van der Waals surface area contributed by atoms with Gasteiger partial charge in [0.1, 0.15) is 11.8 Å². The molecule has 0 aliphatic carbocycles. The maximum atomic E-state index is 13.0. The molecule has 1 aromatic carbocycles. The van der Waals surface area contributed by atoms with Crippen molar-refractivity contribution in [2.45, 2.75) is 18.9 Å². The molecule has 1 amide bonds. The number of hydrogen-bond acceptors (Lipinski definition) is 5. The predicted molar refractivity (Wildman–Crippen MR) is 93.3 cm³/mol. The van der Waals surface area contributed by atoms with E-state index in [9.17, 15) is 4.79 Å². The molecule has 126 valence electrons. The van der Waals surface area contributed by atoms with E-state index < -0.39 is 0 Å². The molecule has 0 bridgehead atoms. The van der Waals surface area contributed by atoms with Gasteiger partial charge in [-0.3, -0.25) is 9.78 Å². The molecule has 0 radical (unpaired) electrons. The van der Waals surface area contributed by atoms with Crippen molar-refractivity contribution in [3.8, 4) is 5.88 Å². The van der Waals surface area contributed by atoms with Crippen molar-refractivity contribution in [1.29, 1.82) is 0 Å². The number of ether oxygens (including phenoxy) is 1. The summed E-state index contributed by atoms with van der Waals surface area (Å²) in [6.07, 6.45) is 5.00. The molecule has 1 aliphatic heterocycles. The molecule has 0 saturated carbocycles. The lowest BCUT2D eigenvalue weighted by Gasteiger charge is -2.32. The molecular formula is C19H18N4O2. The van der Waals surface area contributed by atoms with Crippen LogP contribution in [0, 0.1) is 0 Å². The molecule has 1 fully saturated rings. The minimum atomic E-state index is -0.0793. The number of piperidine rings is 1. The third kappa shape index (κ3) is 3.28.